The molecule has 0 atom stereocenters. The van der Waals surface area contributed by atoms with Gasteiger partial charge in [0.1, 0.15) is 0 Å². The Balaban J connectivity index is 2.08. The van der Waals surface area contributed by atoms with Crippen molar-refractivity contribution in [3.05, 3.63) is 28.8 Å². The highest BCUT2D eigenvalue weighted by molar-refractivity contribution is 7.17. The second-order valence-corrected chi connectivity index (χ2v) is 4.62. The Morgan fingerprint density at radius 2 is 2.21 bits per heavy atom. The lowest BCUT2D eigenvalue weighted by Gasteiger charge is -2.09. The van der Waals surface area contributed by atoms with E-state index in [4.69, 9.17) is 9.47 Å². The highest BCUT2D eigenvalue weighted by Gasteiger charge is 2.07. The molecule has 7 heteroatoms. The Hall–Kier alpha value is -2.15. The van der Waals surface area contributed by atoms with Gasteiger partial charge in [-0.15, -0.1) is 0 Å². The summed E-state index contributed by atoms with van der Waals surface area (Å²) in [6, 6.07) is 3.63. The Bertz CT molecular complexity index is 571. The number of pyridine rings is 1. The SMILES string of the molecule is COc1ccc(CNc2ncc(C=O)s2)c(OC)n1. The molecule has 0 aliphatic carbocycles. The zero-order valence-corrected chi connectivity index (χ0v) is 11.4. The van der Waals surface area contributed by atoms with E-state index in [-0.39, 0.29) is 0 Å². The molecule has 0 aromatic carbocycles. The molecular weight excluding hydrogens is 266 g/mol. The van der Waals surface area contributed by atoms with E-state index in [1.807, 2.05) is 6.07 Å². The molecule has 0 saturated carbocycles. The van der Waals surface area contributed by atoms with Crippen molar-refractivity contribution in [1.82, 2.24) is 9.97 Å². The van der Waals surface area contributed by atoms with Crippen LogP contribution < -0.4 is 14.8 Å². The highest BCUT2D eigenvalue weighted by Crippen LogP contribution is 2.22. The van der Waals surface area contributed by atoms with Gasteiger partial charge in [-0.05, 0) is 6.07 Å². The second kappa shape index (κ2) is 6.14. The van der Waals surface area contributed by atoms with Crippen LogP contribution in [0.1, 0.15) is 15.2 Å². The van der Waals surface area contributed by atoms with Crippen molar-refractivity contribution in [1.29, 1.82) is 0 Å². The van der Waals surface area contributed by atoms with Gasteiger partial charge in [0.15, 0.2) is 11.4 Å². The number of carbonyl (C=O) groups excluding carboxylic acids is 1. The normalized spacial score (nSPS) is 10.0. The van der Waals surface area contributed by atoms with Crippen molar-refractivity contribution >= 4 is 22.8 Å². The number of nitrogens with zero attached hydrogens (tertiary/aromatic N) is 2. The van der Waals surface area contributed by atoms with Crippen LogP contribution in [-0.2, 0) is 6.54 Å². The summed E-state index contributed by atoms with van der Waals surface area (Å²) >= 11 is 1.30. The van der Waals surface area contributed by atoms with Crippen LogP contribution in [0.4, 0.5) is 5.13 Å². The lowest BCUT2D eigenvalue weighted by Crippen LogP contribution is -2.03. The average molecular weight is 279 g/mol. The molecule has 0 aliphatic heterocycles. The van der Waals surface area contributed by atoms with Gasteiger partial charge >= 0.3 is 0 Å². The van der Waals surface area contributed by atoms with Crippen LogP contribution in [0.3, 0.4) is 0 Å². The number of ether oxygens (including phenoxy) is 2. The summed E-state index contributed by atoms with van der Waals surface area (Å²) in [5.41, 5.74) is 0.881. The lowest BCUT2D eigenvalue weighted by atomic mass is 10.2. The van der Waals surface area contributed by atoms with Gasteiger partial charge in [0.25, 0.3) is 0 Å². The minimum absolute atomic E-state index is 0.498. The van der Waals surface area contributed by atoms with E-state index in [0.717, 1.165) is 11.8 Å². The number of carbonyl (C=O) groups is 1. The summed E-state index contributed by atoms with van der Waals surface area (Å²) in [6.07, 6.45) is 2.31. The van der Waals surface area contributed by atoms with E-state index < -0.39 is 0 Å². The summed E-state index contributed by atoms with van der Waals surface area (Å²) < 4.78 is 10.2. The molecule has 2 heterocycles. The van der Waals surface area contributed by atoms with Gasteiger partial charge in [-0.1, -0.05) is 11.3 Å². The zero-order valence-electron chi connectivity index (χ0n) is 10.5. The first-order chi connectivity index (χ1) is 9.26. The largest absolute Gasteiger partial charge is 0.481 e. The maximum absolute atomic E-state index is 10.6. The smallest absolute Gasteiger partial charge is 0.221 e. The van der Waals surface area contributed by atoms with E-state index >= 15 is 0 Å². The number of aromatic nitrogens is 2. The molecule has 0 aliphatic rings. The fourth-order valence-corrected chi connectivity index (χ4v) is 2.10. The minimum atomic E-state index is 0.498. The predicted octanol–water partition coefficient (Wildman–Crippen LogP) is 1.98. The van der Waals surface area contributed by atoms with Gasteiger partial charge < -0.3 is 14.8 Å². The maximum Gasteiger partial charge on any atom is 0.221 e. The van der Waals surface area contributed by atoms with Crippen LogP contribution in [0.15, 0.2) is 18.3 Å². The third kappa shape index (κ3) is 3.19. The van der Waals surface area contributed by atoms with Crippen LogP contribution in [0.2, 0.25) is 0 Å². The van der Waals surface area contributed by atoms with Crippen molar-refractivity contribution in [3.8, 4) is 11.8 Å². The molecule has 0 radical (unpaired) electrons. The zero-order chi connectivity index (χ0) is 13.7. The molecule has 2 aromatic heterocycles. The molecule has 6 nitrogen and oxygen atoms in total. The molecule has 2 rings (SSSR count). The highest BCUT2D eigenvalue weighted by atomic mass is 32.1. The predicted molar refractivity (Wildman–Crippen MR) is 72.2 cm³/mol. The lowest BCUT2D eigenvalue weighted by molar-refractivity contribution is 0.112. The fourth-order valence-electron chi connectivity index (χ4n) is 1.47. The van der Waals surface area contributed by atoms with Crippen LogP contribution in [0, 0.1) is 0 Å². The molecule has 0 bridgehead atoms. The van der Waals surface area contributed by atoms with Crippen LogP contribution >= 0.6 is 11.3 Å². The van der Waals surface area contributed by atoms with E-state index in [1.54, 1.807) is 20.3 Å². The van der Waals surface area contributed by atoms with Gasteiger partial charge in [-0.3, -0.25) is 4.79 Å². The first-order valence-corrected chi connectivity index (χ1v) is 6.31. The number of anilines is 1. The molecule has 1 N–H and O–H groups in total. The average Bonchev–Trinajstić information content (AvgIpc) is 2.92. The van der Waals surface area contributed by atoms with Crippen LogP contribution in [-0.4, -0.2) is 30.5 Å². The summed E-state index contributed by atoms with van der Waals surface area (Å²) in [7, 11) is 3.11. The molecule has 19 heavy (non-hydrogen) atoms. The maximum atomic E-state index is 10.6. The Kier molecular flexibility index (Phi) is 4.30. The first kappa shape index (κ1) is 13.3. The van der Waals surface area contributed by atoms with Crippen molar-refractivity contribution in [2.24, 2.45) is 0 Å². The second-order valence-electron chi connectivity index (χ2n) is 3.56. The third-order valence-corrected chi connectivity index (χ3v) is 3.27. The molecule has 0 fully saturated rings. The van der Waals surface area contributed by atoms with E-state index in [1.165, 1.54) is 17.5 Å². The standard InChI is InChI=1S/C12H13N3O3S/c1-17-10-4-3-8(11(15-10)18-2)5-13-12-14-6-9(7-16)19-12/h3-4,6-7H,5H2,1-2H3,(H,13,14). The minimum Gasteiger partial charge on any atom is -0.481 e. The molecule has 2 aromatic rings. The molecule has 0 amide bonds. The number of nitrogens with one attached hydrogen (secondary N) is 1. The number of hydrogen-bond donors (Lipinski definition) is 1. The van der Waals surface area contributed by atoms with Crippen LogP contribution in [0.5, 0.6) is 11.8 Å². The molecule has 0 unspecified atom stereocenters. The summed E-state index contributed by atoms with van der Waals surface area (Å²) in [5.74, 6) is 0.997. The number of hydrogen-bond acceptors (Lipinski definition) is 7. The number of thiazole rings is 1. The van der Waals surface area contributed by atoms with Gasteiger partial charge in [-0.2, -0.15) is 4.98 Å². The van der Waals surface area contributed by atoms with Gasteiger partial charge in [0.2, 0.25) is 11.8 Å². The Morgan fingerprint density at radius 1 is 1.37 bits per heavy atom. The van der Waals surface area contributed by atoms with E-state index in [0.29, 0.717) is 28.3 Å². The van der Waals surface area contributed by atoms with Gasteiger partial charge in [0, 0.05) is 18.2 Å². The fraction of sp³-hybridized carbons (Fsp3) is 0.250. The molecule has 0 spiro atoms. The molecule has 100 valence electrons. The van der Waals surface area contributed by atoms with Crippen molar-refractivity contribution in [2.75, 3.05) is 19.5 Å². The van der Waals surface area contributed by atoms with Crippen molar-refractivity contribution in [3.63, 3.8) is 0 Å². The molecular formula is C12H13N3O3S. The number of methoxy groups -OCH3 is 2. The third-order valence-electron chi connectivity index (χ3n) is 2.39. The topological polar surface area (TPSA) is 73.3 Å². The Labute approximate surface area is 114 Å². The van der Waals surface area contributed by atoms with E-state index in [2.05, 4.69) is 15.3 Å². The summed E-state index contributed by atoms with van der Waals surface area (Å²) in [4.78, 5) is 19.4. The monoisotopic (exact) mass is 279 g/mol. The van der Waals surface area contributed by atoms with Crippen LogP contribution in [0.25, 0.3) is 0 Å². The van der Waals surface area contributed by atoms with Crippen molar-refractivity contribution < 1.29 is 14.3 Å². The Morgan fingerprint density at radius 3 is 2.84 bits per heavy atom. The van der Waals surface area contributed by atoms with E-state index in [9.17, 15) is 4.79 Å². The number of aldehydes is 1. The summed E-state index contributed by atoms with van der Waals surface area (Å²) in [5, 5.41) is 3.80. The first-order valence-electron chi connectivity index (χ1n) is 5.49. The van der Waals surface area contributed by atoms with Crippen molar-refractivity contribution in [2.45, 2.75) is 6.54 Å². The van der Waals surface area contributed by atoms with Gasteiger partial charge in [-0.25, -0.2) is 4.98 Å². The van der Waals surface area contributed by atoms with Gasteiger partial charge in [0.05, 0.1) is 25.3 Å². The molecule has 0 saturated heterocycles. The summed E-state index contributed by atoms with van der Waals surface area (Å²) in [6.45, 7) is 0.506. The quantitative estimate of drug-likeness (QED) is 0.815. The number of rotatable bonds is 6.